The largest absolute Gasteiger partial charge is 0.383 e. The standard InChI is InChI=1S/C22H30N2O3/c1-27-14-13-24-19-10-9-17(20(24)25)15-23(16-19)21(26)22(11-5-6-12-22)18-7-3-2-4-8-18/h2-4,7-8,17,19H,5-6,9-16H2,1H3/t17-,19+/m0/s1. The van der Waals surface area contributed by atoms with Crippen LogP contribution in [0.5, 0.6) is 0 Å². The summed E-state index contributed by atoms with van der Waals surface area (Å²) in [7, 11) is 1.67. The maximum atomic E-state index is 13.8. The minimum Gasteiger partial charge on any atom is -0.383 e. The summed E-state index contributed by atoms with van der Waals surface area (Å²) >= 11 is 0. The van der Waals surface area contributed by atoms with Gasteiger partial charge in [0.05, 0.1) is 17.9 Å². The summed E-state index contributed by atoms with van der Waals surface area (Å²) in [6.45, 7) is 2.42. The molecule has 1 aliphatic carbocycles. The van der Waals surface area contributed by atoms with E-state index < -0.39 is 5.41 Å². The first-order chi connectivity index (χ1) is 13.2. The summed E-state index contributed by atoms with van der Waals surface area (Å²) in [5.41, 5.74) is 0.748. The van der Waals surface area contributed by atoms with E-state index in [-0.39, 0.29) is 23.8 Å². The molecule has 0 N–H and O–H groups in total. The van der Waals surface area contributed by atoms with Crippen molar-refractivity contribution in [1.29, 1.82) is 0 Å². The number of methoxy groups -OCH3 is 1. The first-order valence-corrected chi connectivity index (χ1v) is 10.3. The Bertz CT molecular complexity index is 684. The summed E-state index contributed by atoms with van der Waals surface area (Å²) in [5, 5.41) is 0. The van der Waals surface area contributed by atoms with Gasteiger partial charge in [-0.25, -0.2) is 0 Å². The second-order valence-corrected chi connectivity index (χ2v) is 8.32. The van der Waals surface area contributed by atoms with Crippen molar-refractivity contribution in [3.8, 4) is 0 Å². The molecular formula is C22H30N2O3. The Hall–Kier alpha value is -1.88. The molecule has 4 aliphatic rings. The number of piperidine rings is 1. The molecule has 3 heterocycles. The summed E-state index contributed by atoms with van der Waals surface area (Å²) in [4.78, 5) is 30.7. The van der Waals surface area contributed by atoms with Gasteiger partial charge in [-0.15, -0.1) is 0 Å². The highest BCUT2D eigenvalue weighted by Crippen LogP contribution is 2.43. The molecule has 2 atom stereocenters. The lowest BCUT2D eigenvalue weighted by Gasteiger charge is -2.36. The molecule has 5 rings (SSSR count). The molecule has 2 bridgehead atoms. The Kier molecular flexibility index (Phi) is 5.22. The average molecular weight is 370 g/mol. The number of fused-ring (bicyclic) bond motifs is 4. The van der Waals surface area contributed by atoms with Gasteiger partial charge in [0, 0.05) is 32.8 Å². The van der Waals surface area contributed by atoms with Gasteiger partial charge < -0.3 is 14.5 Å². The van der Waals surface area contributed by atoms with E-state index in [0.29, 0.717) is 26.2 Å². The Balaban J connectivity index is 1.60. The molecule has 2 amide bonds. The van der Waals surface area contributed by atoms with Gasteiger partial charge in [-0.3, -0.25) is 9.59 Å². The van der Waals surface area contributed by atoms with Crippen LogP contribution in [-0.4, -0.2) is 61.0 Å². The normalized spacial score (nSPS) is 27.1. The molecule has 0 radical (unpaired) electrons. The Morgan fingerprint density at radius 2 is 1.89 bits per heavy atom. The number of benzene rings is 1. The molecule has 0 spiro atoms. The van der Waals surface area contributed by atoms with Crippen molar-refractivity contribution in [3.05, 3.63) is 35.9 Å². The molecular weight excluding hydrogens is 340 g/mol. The van der Waals surface area contributed by atoms with Gasteiger partial charge in [0.25, 0.3) is 0 Å². The fraction of sp³-hybridized carbons (Fsp3) is 0.636. The second kappa shape index (κ2) is 7.63. The van der Waals surface area contributed by atoms with E-state index >= 15 is 0 Å². The van der Waals surface area contributed by atoms with E-state index in [2.05, 4.69) is 12.1 Å². The summed E-state index contributed by atoms with van der Waals surface area (Å²) in [5.74, 6) is 0.391. The van der Waals surface area contributed by atoms with Crippen LogP contribution in [0.15, 0.2) is 30.3 Å². The lowest BCUT2D eigenvalue weighted by Crippen LogP contribution is -2.50. The van der Waals surface area contributed by atoms with Gasteiger partial charge in [0.2, 0.25) is 11.8 Å². The van der Waals surface area contributed by atoms with Crippen LogP contribution in [0.25, 0.3) is 0 Å². The third-order valence-corrected chi connectivity index (χ3v) is 6.81. The van der Waals surface area contributed by atoms with E-state index in [1.807, 2.05) is 28.0 Å². The van der Waals surface area contributed by atoms with Crippen LogP contribution in [0.1, 0.15) is 44.1 Å². The fourth-order valence-electron chi connectivity index (χ4n) is 5.35. The van der Waals surface area contributed by atoms with Crippen molar-refractivity contribution in [2.45, 2.75) is 50.0 Å². The van der Waals surface area contributed by atoms with Gasteiger partial charge in [0.1, 0.15) is 0 Å². The number of carbonyl (C=O) groups excluding carboxylic acids is 2. The number of ether oxygens (including phenoxy) is 1. The molecule has 0 unspecified atom stereocenters. The maximum absolute atomic E-state index is 13.8. The van der Waals surface area contributed by atoms with Crippen molar-refractivity contribution in [2.75, 3.05) is 33.4 Å². The van der Waals surface area contributed by atoms with E-state index in [9.17, 15) is 9.59 Å². The summed E-state index contributed by atoms with van der Waals surface area (Å²) in [6, 6.07) is 10.4. The predicted octanol–water partition coefficient (Wildman–Crippen LogP) is 2.59. The molecule has 1 aromatic rings. The number of hydrogen-bond acceptors (Lipinski definition) is 3. The first-order valence-electron chi connectivity index (χ1n) is 10.3. The lowest BCUT2D eigenvalue weighted by atomic mass is 9.77. The number of hydrogen-bond donors (Lipinski definition) is 0. The molecule has 1 aromatic carbocycles. The molecule has 27 heavy (non-hydrogen) atoms. The predicted molar refractivity (Wildman–Crippen MR) is 103 cm³/mol. The highest BCUT2D eigenvalue weighted by Gasteiger charge is 2.48. The van der Waals surface area contributed by atoms with E-state index in [0.717, 1.165) is 44.1 Å². The van der Waals surface area contributed by atoms with E-state index in [1.165, 1.54) is 0 Å². The van der Waals surface area contributed by atoms with Gasteiger partial charge in [-0.05, 0) is 31.2 Å². The maximum Gasteiger partial charge on any atom is 0.233 e. The molecule has 1 saturated carbocycles. The van der Waals surface area contributed by atoms with Crippen molar-refractivity contribution in [1.82, 2.24) is 9.80 Å². The zero-order valence-corrected chi connectivity index (χ0v) is 16.2. The topological polar surface area (TPSA) is 49.9 Å². The number of carbonyl (C=O) groups is 2. The number of rotatable bonds is 5. The van der Waals surface area contributed by atoms with Gasteiger partial charge in [-0.1, -0.05) is 43.2 Å². The second-order valence-electron chi connectivity index (χ2n) is 8.32. The minimum atomic E-state index is -0.397. The van der Waals surface area contributed by atoms with Gasteiger partial charge in [-0.2, -0.15) is 0 Å². The zero-order chi connectivity index (χ0) is 18.9. The molecule has 5 heteroatoms. The van der Waals surface area contributed by atoms with Crippen molar-refractivity contribution in [2.24, 2.45) is 5.92 Å². The highest BCUT2D eigenvalue weighted by molar-refractivity contribution is 5.90. The van der Waals surface area contributed by atoms with Crippen molar-refractivity contribution < 1.29 is 14.3 Å². The highest BCUT2D eigenvalue weighted by atomic mass is 16.5. The molecule has 3 saturated heterocycles. The van der Waals surface area contributed by atoms with Gasteiger partial charge in [0.15, 0.2) is 0 Å². The molecule has 3 aliphatic heterocycles. The van der Waals surface area contributed by atoms with Crippen LogP contribution in [0, 0.1) is 5.92 Å². The first kappa shape index (κ1) is 18.5. The molecule has 5 nitrogen and oxygen atoms in total. The molecule has 0 aromatic heterocycles. The quantitative estimate of drug-likeness (QED) is 0.801. The third kappa shape index (κ3) is 3.27. The number of amides is 2. The van der Waals surface area contributed by atoms with Crippen molar-refractivity contribution in [3.63, 3.8) is 0 Å². The molecule has 146 valence electrons. The molecule has 4 fully saturated rings. The van der Waals surface area contributed by atoms with Crippen LogP contribution in [0.3, 0.4) is 0 Å². The number of nitrogens with zero attached hydrogens (tertiary/aromatic N) is 2. The third-order valence-electron chi connectivity index (χ3n) is 6.81. The van der Waals surface area contributed by atoms with Crippen LogP contribution in [-0.2, 0) is 19.7 Å². The smallest absolute Gasteiger partial charge is 0.233 e. The van der Waals surface area contributed by atoms with Gasteiger partial charge >= 0.3 is 0 Å². The monoisotopic (exact) mass is 370 g/mol. The fourth-order valence-corrected chi connectivity index (χ4v) is 5.35. The minimum absolute atomic E-state index is 0.0567. The zero-order valence-electron chi connectivity index (χ0n) is 16.2. The lowest BCUT2D eigenvalue weighted by molar-refractivity contribution is -0.140. The summed E-state index contributed by atoms with van der Waals surface area (Å²) in [6.07, 6.45) is 5.92. The van der Waals surface area contributed by atoms with Crippen LogP contribution < -0.4 is 0 Å². The average Bonchev–Trinajstić information content (AvgIpc) is 3.05. The van der Waals surface area contributed by atoms with E-state index in [4.69, 9.17) is 4.74 Å². The summed E-state index contributed by atoms with van der Waals surface area (Å²) < 4.78 is 5.20. The Labute approximate surface area is 161 Å². The Morgan fingerprint density at radius 1 is 1.15 bits per heavy atom. The Morgan fingerprint density at radius 3 is 2.59 bits per heavy atom. The van der Waals surface area contributed by atoms with Crippen LogP contribution in [0.2, 0.25) is 0 Å². The SMILES string of the molecule is COCCN1C(=O)[C@H]2CC[C@@H]1CN(C(=O)C1(c3ccccc3)CCCC1)C2. The van der Waals surface area contributed by atoms with E-state index in [1.54, 1.807) is 7.11 Å². The van der Waals surface area contributed by atoms with Crippen molar-refractivity contribution >= 4 is 11.8 Å². The van der Waals surface area contributed by atoms with Crippen LogP contribution >= 0.6 is 0 Å². The van der Waals surface area contributed by atoms with Crippen LogP contribution in [0.4, 0.5) is 0 Å².